The average molecular weight is 307 g/mol. The van der Waals surface area contributed by atoms with E-state index in [0.717, 1.165) is 0 Å². The lowest BCUT2D eigenvalue weighted by atomic mass is 10.1. The summed E-state index contributed by atoms with van der Waals surface area (Å²) in [5.41, 5.74) is -1.89. The van der Waals surface area contributed by atoms with Crippen molar-refractivity contribution in [3.05, 3.63) is 39.4 Å². The molecule has 20 heavy (non-hydrogen) atoms. The third-order valence-electron chi connectivity index (χ3n) is 2.56. The zero-order valence-electron chi connectivity index (χ0n) is 10.7. The van der Waals surface area contributed by atoms with E-state index in [1.165, 1.54) is 0 Å². The number of nitro groups is 1. The molecule has 1 atom stereocenters. The van der Waals surface area contributed by atoms with Crippen molar-refractivity contribution < 1.29 is 18.5 Å². The second-order valence-electron chi connectivity index (χ2n) is 4.19. The molecule has 5 nitrogen and oxygen atoms in total. The second-order valence-corrected chi connectivity index (χ2v) is 4.94. The Morgan fingerprint density at radius 3 is 2.70 bits per heavy atom. The molecule has 0 aliphatic carbocycles. The summed E-state index contributed by atoms with van der Waals surface area (Å²) in [6.45, 7) is 1.96. The van der Waals surface area contributed by atoms with Crippen LogP contribution in [0.25, 0.3) is 0 Å². The highest BCUT2D eigenvalue weighted by Crippen LogP contribution is 2.22. The van der Waals surface area contributed by atoms with Gasteiger partial charge in [-0.3, -0.25) is 14.9 Å². The van der Waals surface area contributed by atoms with Gasteiger partial charge in [0.05, 0.1) is 4.92 Å². The van der Waals surface area contributed by atoms with Crippen molar-refractivity contribution in [2.75, 3.05) is 6.54 Å². The number of hydrogen-bond acceptors (Lipinski definition) is 3. The van der Waals surface area contributed by atoms with Crippen LogP contribution in [0.1, 0.15) is 30.1 Å². The Hall–Kier alpha value is -1.76. The molecule has 1 N–H and O–H groups in total. The molecule has 8 heteroatoms. The fourth-order valence-electron chi connectivity index (χ4n) is 1.56. The Bertz CT molecular complexity index is 524. The molecule has 0 spiro atoms. The molecule has 0 fully saturated rings. The van der Waals surface area contributed by atoms with Crippen LogP contribution >= 0.6 is 11.6 Å². The lowest BCUT2D eigenvalue weighted by Crippen LogP contribution is -2.27. The van der Waals surface area contributed by atoms with Crippen molar-refractivity contribution in [2.45, 2.75) is 25.1 Å². The van der Waals surface area contributed by atoms with Gasteiger partial charge in [0.15, 0.2) is 0 Å². The monoisotopic (exact) mass is 306 g/mol. The van der Waals surface area contributed by atoms with E-state index < -0.39 is 33.7 Å². The van der Waals surface area contributed by atoms with Crippen molar-refractivity contribution in [1.82, 2.24) is 5.32 Å². The standard InChI is InChI=1S/C12H13ClF2N2O3/c1-7(13)3-2-6-16-12(18)10-8(14)4-5-9(11(10)15)17(19)20/h4-5,7H,2-3,6H2,1H3,(H,16,18). The lowest BCUT2D eigenvalue weighted by Gasteiger charge is -2.08. The molecule has 1 unspecified atom stereocenters. The largest absolute Gasteiger partial charge is 0.352 e. The van der Waals surface area contributed by atoms with Crippen molar-refractivity contribution in [2.24, 2.45) is 0 Å². The van der Waals surface area contributed by atoms with Gasteiger partial charge in [-0.15, -0.1) is 11.6 Å². The van der Waals surface area contributed by atoms with E-state index >= 15 is 0 Å². The van der Waals surface area contributed by atoms with Gasteiger partial charge in [-0.05, 0) is 25.8 Å². The molecule has 0 saturated heterocycles. The maximum absolute atomic E-state index is 13.7. The molecular weight excluding hydrogens is 294 g/mol. The SMILES string of the molecule is CC(Cl)CCCNC(=O)c1c(F)ccc([N+](=O)[O-])c1F. The number of nitro benzene ring substituents is 1. The molecule has 0 saturated carbocycles. The quantitative estimate of drug-likeness (QED) is 0.380. The Morgan fingerprint density at radius 1 is 1.50 bits per heavy atom. The Labute approximate surface area is 119 Å². The molecule has 0 bridgehead atoms. The summed E-state index contributed by atoms with van der Waals surface area (Å²) in [6, 6.07) is 1.37. The molecule has 1 amide bonds. The summed E-state index contributed by atoms with van der Waals surface area (Å²) in [4.78, 5) is 21.2. The molecular formula is C12H13ClF2N2O3. The minimum atomic E-state index is -1.47. The number of halogens is 3. The van der Waals surface area contributed by atoms with Crippen LogP contribution in [0.15, 0.2) is 12.1 Å². The van der Waals surface area contributed by atoms with Gasteiger partial charge >= 0.3 is 5.69 Å². The minimum Gasteiger partial charge on any atom is -0.352 e. The van der Waals surface area contributed by atoms with Gasteiger partial charge in [0, 0.05) is 18.0 Å². The van der Waals surface area contributed by atoms with Gasteiger partial charge in [0.2, 0.25) is 5.82 Å². The van der Waals surface area contributed by atoms with Gasteiger partial charge in [-0.25, -0.2) is 4.39 Å². The predicted molar refractivity (Wildman–Crippen MR) is 69.9 cm³/mol. The van der Waals surface area contributed by atoms with Crippen LogP contribution in [0.2, 0.25) is 0 Å². The Kier molecular flexibility index (Phi) is 5.82. The van der Waals surface area contributed by atoms with Gasteiger partial charge in [0.25, 0.3) is 5.91 Å². The molecule has 0 aliphatic rings. The van der Waals surface area contributed by atoms with E-state index in [9.17, 15) is 23.7 Å². The van der Waals surface area contributed by atoms with Crippen LogP contribution in [-0.2, 0) is 0 Å². The van der Waals surface area contributed by atoms with Crippen LogP contribution in [0, 0.1) is 21.7 Å². The van der Waals surface area contributed by atoms with Gasteiger partial charge in [-0.2, -0.15) is 4.39 Å². The number of carbonyl (C=O) groups is 1. The molecule has 110 valence electrons. The minimum absolute atomic E-state index is 0.0711. The maximum atomic E-state index is 13.7. The van der Waals surface area contributed by atoms with Gasteiger partial charge in [0.1, 0.15) is 11.4 Å². The van der Waals surface area contributed by atoms with E-state index in [1.54, 1.807) is 6.92 Å². The van der Waals surface area contributed by atoms with Crippen LogP contribution in [0.4, 0.5) is 14.5 Å². The number of hydrogen-bond donors (Lipinski definition) is 1. The first-order valence-corrected chi connectivity index (χ1v) is 6.33. The van der Waals surface area contributed by atoms with Crippen molar-refractivity contribution in [1.29, 1.82) is 0 Å². The first-order chi connectivity index (χ1) is 9.34. The second kappa shape index (κ2) is 7.14. The molecule has 0 aromatic heterocycles. The van der Waals surface area contributed by atoms with Crippen LogP contribution in [0.5, 0.6) is 0 Å². The highest BCUT2D eigenvalue weighted by molar-refractivity contribution is 6.20. The maximum Gasteiger partial charge on any atom is 0.305 e. The molecule has 0 heterocycles. The van der Waals surface area contributed by atoms with E-state index in [-0.39, 0.29) is 11.9 Å². The van der Waals surface area contributed by atoms with E-state index in [2.05, 4.69) is 5.32 Å². The molecule has 0 radical (unpaired) electrons. The highest BCUT2D eigenvalue weighted by Gasteiger charge is 2.25. The van der Waals surface area contributed by atoms with Crippen molar-refractivity contribution in [3.63, 3.8) is 0 Å². The summed E-state index contributed by atoms with van der Waals surface area (Å²) in [5.74, 6) is -3.64. The van der Waals surface area contributed by atoms with E-state index in [0.29, 0.717) is 25.0 Å². The number of rotatable bonds is 6. The Morgan fingerprint density at radius 2 is 2.15 bits per heavy atom. The number of alkyl halides is 1. The van der Waals surface area contributed by atoms with Crippen LogP contribution in [0.3, 0.4) is 0 Å². The molecule has 1 aromatic rings. The third kappa shape index (κ3) is 4.12. The number of amides is 1. The first-order valence-electron chi connectivity index (χ1n) is 5.89. The third-order valence-corrected chi connectivity index (χ3v) is 2.78. The normalized spacial score (nSPS) is 12.0. The van der Waals surface area contributed by atoms with Gasteiger partial charge in [-0.1, -0.05) is 0 Å². The predicted octanol–water partition coefficient (Wildman–Crippen LogP) is 3.01. The summed E-state index contributed by atoms with van der Waals surface area (Å²) < 4.78 is 27.1. The van der Waals surface area contributed by atoms with Crippen molar-refractivity contribution in [3.8, 4) is 0 Å². The molecule has 1 rings (SSSR count). The summed E-state index contributed by atoms with van der Waals surface area (Å²) >= 11 is 5.71. The molecule has 0 aliphatic heterocycles. The smallest absolute Gasteiger partial charge is 0.305 e. The van der Waals surface area contributed by atoms with Crippen LogP contribution in [-0.4, -0.2) is 22.8 Å². The summed E-state index contributed by atoms with van der Waals surface area (Å²) in [7, 11) is 0. The average Bonchev–Trinajstić information content (AvgIpc) is 2.34. The number of nitrogens with zero attached hydrogens (tertiary/aromatic N) is 1. The van der Waals surface area contributed by atoms with E-state index in [4.69, 9.17) is 11.6 Å². The number of benzene rings is 1. The Balaban J connectivity index is 2.82. The van der Waals surface area contributed by atoms with Crippen LogP contribution < -0.4 is 5.32 Å². The fraction of sp³-hybridized carbons (Fsp3) is 0.417. The number of nitrogens with one attached hydrogen (secondary N) is 1. The summed E-state index contributed by atoms with van der Waals surface area (Å²) in [5, 5.41) is 12.8. The first kappa shape index (κ1) is 16.3. The lowest BCUT2D eigenvalue weighted by molar-refractivity contribution is -0.387. The summed E-state index contributed by atoms with van der Waals surface area (Å²) in [6.07, 6.45) is 1.16. The molecule has 1 aromatic carbocycles. The zero-order chi connectivity index (χ0) is 15.3. The van der Waals surface area contributed by atoms with Gasteiger partial charge < -0.3 is 5.32 Å². The number of carbonyl (C=O) groups excluding carboxylic acids is 1. The van der Waals surface area contributed by atoms with E-state index in [1.807, 2.05) is 0 Å². The topological polar surface area (TPSA) is 72.2 Å². The fourth-order valence-corrected chi connectivity index (χ4v) is 1.72. The zero-order valence-corrected chi connectivity index (χ0v) is 11.4. The highest BCUT2D eigenvalue weighted by atomic mass is 35.5. The van der Waals surface area contributed by atoms with Crippen molar-refractivity contribution >= 4 is 23.2 Å².